The predicted molar refractivity (Wildman–Crippen MR) is 88.8 cm³/mol. The van der Waals surface area contributed by atoms with Crippen LogP contribution in [0.25, 0.3) is 0 Å². The zero-order valence-electron chi connectivity index (χ0n) is 15.0. The third-order valence-corrected chi connectivity index (χ3v) is 4.70. The van der Waals surface area contributed by atoms with Crippen LogP contribution in [-0.2, 0) is 4.74 Å². The fraction of sp³-hybridized carbons (Fsp3) is 1.00. The van der Waals surface area contributed by atoms with E-state index in [2.05, 4.69) is 34.6 Å². The maximum Gasteiger partial charge on any atom is 0.0611 e. The van der Waals surface area contributed by atoms with Crippen LogP contribution in [0.3, 0.4) is 0 Å². The lowest BCUT2D eigenvalue weighted by Crippen LogP contribution is -2.60. The molecule has 0 spiro atoms. The van der Waals surface area contributed by atoms with Gasteiger partial charge in [-0.2, -0.15) is 5.06 Å². The van der Waals surface area contributed by atoms with Gasteiger partial charge in [-0.3, -0.25) is 0 Å². The van der Waals surface area contributed by atoms with Gasteiger partial charge in [-0.05, 0) is 47.0 Å². The van der Waals surface area contributed by atoms with Gasteiger partial charge >= 0.3 is 0 Å². The van der Waals surface area contributed by atoms with E-state index in [1.807, 2.05) is 0 Å². The molecular weight excluding hydrogens is 262 g/mol. The highest BCUT2D eigenvalue weighted by atomic mass is 16.5. The summed E-state index contributed by atoms with van der Waals surface area (Å²) in [6, 6.07) is 0. The molecule has 1 fully saturated rings. The SMILES string of the molecule is CCCCCCCCCOC1CC(C)(C)N(O)C(C)(C)C1. The molecule has 3 nitrogen and oxygen atoms in total. The van der Waals surface area contributed by atoms with Crippen LogP contribution in [0.1, 0.15) is 92.4 Å². The highest BCUT2D eigenvalue weighted by Gasteiger charge is 2.45. The van der Waals surface area contributed by atoms with Gasteiger partial charge < -0.3 is 9.94 Å². The molecule has 126 valence electrons. The Hall–Kier alpha value is -0.120. The van der Waals surface area contributed by atoms with E-state index in [1.54, 1.807) is 0 Å². The molecule has 0 aromatic carbocycles. The molecule has 3 heteroatoms. The van der Waals surface area contributed by atoms with Crippen molar-refractivity contribution in [2.75, 3.05) is 6.61 Å². The number of unbranched alkanes of at least 4 members (excludes halogenated alkanes) is 6. The average molecular weight is 299 g/mol. The number of hydrogen-bond acceptors (Lipinski definition) is 3. The summed E-state index contributed by atoms with van der Waals surface area (Å²) in [4.78, 5) is 0. The number of ether oxygens (including phenoxy) is 1. The van der Waals surface area contributed by atoms with E-state index in [9.17, 15) is 5.21 Å². The second-order valence-corrected chi connectivity index (χ2v) is 7.96. The first-order valence-electron chi connectivity index (χ1n) is 8.90. The quantitative estimate of drug-likeness (QED) is 0.597. The Kier molecular flexibility index (Phi) is 7.66. The Labute approximate surface area is 132 Å². The maximum absolute atomic E-state index is 10.3. The lowest BCUT2D eigenvalue weighted by molar-refractivity contribution is -0.261. The fourth-order valence-corrected chi connectivity index (χ4v) is 3.61. The minimum absolute atomic E-state index is 0.202. The predicted octanol–water partition coefficient (Wildman–Crippen LogP) is 5.16. The Morgan fingerprint density at radius 1 is 0.905 bits per heavy atom. The van der Waals surface area contributed by atoms with Gasteiger partial charge in [0.1, 0.15) is 0 Å². The molecule has 0 aliphatic carbocycles. The van der Waals surface area contributed by atoms with Crippen LogP contribution in [0.15, 0.2) is 0 Å². The topological polar surface area (TPSA) is 32.7 Å². The minimum atomic E-state index is -0.202. The molecule has 0 amide bonds. The van der Waals surface area contributed by atoms with Crippen LogP contribution in [0, 0.1) is 0 Å². The molecule has 1 aliphatic heterocycles. The van der Waals surface area contributed by atoms with E-state index in [0.29, 0.717) is 0 Å². The third-order valence-electron chi connectivity index (χ3n) is 4.70. The summed E-state index contributed by atoms with van der Waals surface area (Å²) in [5, 5.41) is 11.8. The molecule has 0 aromatic rings. The van der Waals surface area contributed by atoms with E-state index in [-0.39, 0.29) is 17.2 Å². The van der Waals surface area contributed by atoms with Crippen molar-refractivity contribution < 1.29 is 9.94 Å². The van der Waals surface area contributed by atoms with E-state index in [0.717, 1.165) is 19.4 Å². The highest BCUT2D eigenvalue weighted by Crippen LogP contribution is 2.37. The van der Waals surface area contributed by atoms with Crippen LogP contribution in [0.4, 0.5) is 0 Å². The van der Waals surface area contributed by atoms with Crippen LogP contribution in [0.2, 0.25) is 0 Å². The monoisotopic (exact) mass is 299 g/mol. The van der Waals surface area contributed by atoms with E-state index in [1.165, 1.54) is 50.0 Å². The van der Waals surface area contributed by atoms with Gasteiger partial charge in [-0.25, -0.2) is 0 Å². The van der Waals surface area contributed by atoms with Crippen molar-refractivity contribution in [3.8, 4) is 0 Å². The Morgan fingerprint density at radius 3 is 1.90 bits per heavy atom. The zero-order chi connectivity index (χ0) is 15.9. The summed E-state index contributed by atoms with van der Waals surface area (Å²) >= 11 is 0. The van der Waals surface area contributed by atoms with Gasteiger partial charge in [0, 0.05) is 17.7 Å². The standard InChI is InChI=1S/C18H37NO2/c1-6-7-8-9-10-11-12-13-21-16-14-17(2,3)19(20)18(4,5)15-16/h16,20H,6-15H2,1-5H3. The second kappa shape index (κ2) is 8.50. The number of nitrogens with zero attached hydrogens (tertiary/aromatic N) is 1. The van der Waals surface area contributed by atoms with Crippen molar-refractivity contribution in [2.24, 2.45) is 0 Å². The summed E-state index contributed by atoms with van der Waals surface area (Å²) in [7, 11) is 0. The summed E-state index contributed by atoms with van der Waals surface area (Å²) in [5.74, 6) is 0. The number of rotatable bonds is 9. The number of hydroxylamine groups is 2. The molecule has 1 aliphatic rings. The van der Waals surface area contributed by atoms with Crippen molar-refractivity contribution in [3.05, 3.63) is 0 Å². The van der Waals surface area contributed by atoms with Gasteiger partial charge in [-0.15, -0.1) is 0 Å². The molecule has 0 unspecified atom stereocenters. The lowest BCUT2D eigenvalue weighted by atomic mass is 9.80. The molecule has 0 radical (unpaired) electrons. The second-order valence-electron chi connectivity index (χ2n) is 7.96. The molecule has 1 N–H and O–H groups in total. The van der Waals surface area contributed by atoms with Crippen molar-refractivity contribution >= 4 is 0 Å². The van der Waals surface area contributed by atoms with E-state index < -0.39 is 0 Å². The molecule has 1 rings (SSSR count). The average Bonchev–Trinajstić information content (AvgIpc) is 2.38. The van der Waals surface area contributed by atoms with Gasteiger partial charge in [0.25, 0.3) is 0 Å². The summed E-state index contributed by atoms with van der Waals surface area (Å²) in [6.07, 6.45) is 11.3. The summed E-state index contributed by atoms with van der Waals surface area (Å²) in [6.45, 7) is 11.5. The van der Waals surface area contributed by atoms with E-state index >= 15 is 0 Å². The fourth-order valence-electron chi connectivity index (χ4n) is 3.61. The van der Waals surface area contributed by atoms with Crippen molar-refractivity contribution in [1.82, 2.24) is 5.06 Å². The minimum Gasteiger partial charge on any atom is -0.378 e. The van der Waals surface area contributed by atoms with Gasteiger partial charge in [0.15, 0.2) is 0 Å². The van der Waals surface area contributed by atoms with Crippen LogP contribution in [-0.4, -0.2) is 34.1 Å². The molecular formula is C18H37NO2. The van der Waals surface area contributed by atoms with Crippen molar-refractivity contribution in [1.29, 1.82) is 0 Å². The molecule has 0 saturated carbocycles. The van der Waals surface area contributed by atoms with Gasteiger partial charge in [0.05, 0.1) is 6.10 Å². The Balaban J connectivity index is 2.18. The maximum atomic E-state index is 10.3. The third kappa shape index (κ3) is 6.25. The highest BCUT2D eigenvalue weighted by molar-refractivity contribution is 4.96. The Bertz CT molecular complexity index is 271. The van der Waals surface area contributed by atoms with Crippen LogP contribution < -0.4 is 0 Å². The first-order chi connectivity index (χ1) is 9.79. The molecule has 1 heterocycles. The molecule has 1 saturated heterocycles. The first-order valence-corrected chi connectivity index (χ1v) is 8.90. The summed E-state index contributed by atoms with van der Waals surface area (Å²) in [5.41, 5.74) is -0.404. The number of hydrogen-bond donors (Lipinski definition) is 1. The largest absolute Gasteiger partial charge is 0.378 e. The van der Waals surface area contributed by atoms with Gasteiger partial charge in [-0.1, -0.05) is 45.4 Å². The lowest BCUT2D eigenvalue weighted by Gasteiger charge is -2.51. The molecule has 0 aromatic heterocycles. The normalized spacial score (nSPS) is 22.6. The van der Waals surface area contributed by atoms with Crippen molar-refractivity contribution in [2.45, 2.75) is 110 Å². The smallest absolute Gasteiger partial charge is 0.0611 e. The number of piperidine rings is 1. The zero-order valence-corrected chi connectivity index (χ0v) is 15.0. The molecule has 0 atom stereocenters. The molecule has 0 bridgehead atoms. The first kappa shape index (κ1) is 18.9. The van der Waals surface area contributed by atoms with Gasteiger partial charge in [0.2, 0.25) is 0 Å². The van der Waals surface area contributed by atoms with Crippen molar-refractivity contribution in [3.63, 3.8) is 0 Å². The Morgan fingerprint density at radius 2 is 1.38 bits per heavy atom. The molecule has 21 heavy (non-hydrogen) atoms. The van der Waals surface area contributed by atoms with E-state index in [4.69, 9.17) is 4.74 Å². The summed E-state index contributed by atoms with van der Waals surface area (Å²) < 4.78 is 6.09. The van der Waals surface area contributed by atoms with Crippen LogP contribution in [0.5, 0.6) is 0 Å². The van der Waals surface area contributed by atoms with Crippen LogP contribution >= 0.6 is 0 Å².